The molecular weight excluding hydrogens is 282 g/mol. The lowest BCUT2D eigenvalue weighted by Crippen LogP contribution is -1.97. The van der Waals surface area contributed by atoms with E-state index in [2.05, 4.69) is 22.9 Å². The van der Waals surface area contributed by atoms with E-state index in [0.29, 0.717) is 5.56 Å². The summed E-state index contributed by atoms with van der Waals surface area (Å²) in [5.41, 5.74) is 0.350. The lowest BCUT2D eigenvalue weighted by Gasteiger charge is -2.04. The van der Waals surface area contributed by atoms with Crippen LogP contribution in [0.25, 0.3) is 0 Å². The molecule has 1 N–H and O–H groups in total. The fraction of sp³-hybridized carbons (Fsp3) is 0.615. The molecule has 0 atom stereocenters. The minimum Gasteiger partial charge on any atom is -0.478 e. The summed E-state index contributed by atoms with van der Waals surface area (Å²) in [4.78, 5) is 10.8. The molecule has 1 aromatic rings. The van der Waals surface area contributed by atoms with Gasteiger partial charge in [-0.05, 0) is 28.4 Å². The van der Waals surface area contributed by atoms with Gasteiger partial charge in [-0.1, -0.05) is 39.0 Å². The van der Waals surface area contributed by atoms with E-state index in [4.69, 9.17) is 5.11 Å². The lowest BCUT2D eigenvalue weighted by molar-refractivity contribution is 0.0697. The van der Waals surface area contributed by atoms with Crippen LogP contribution in [0, 0.1) is 0 Å². The van der Waals surface area contributed by atoms with Gasteiger partial charge in [-0.15, -0.1) is 0 Å². The van der Waals surface area contributed by atoms with Crippen molar-refractivity contribution in [1.29, 1.82) is 0 Å². The molecule has 17 heavy (non-hydrogen) atoms. The predicted molar refractivity (Wildman–Crippen MR) is 72.5 cm³/mol. The van der Waals surface area contributed by atoms with Crippen LogP contribution in [0.2, 0.25) is 0 Å². The van der Waals surface area contributed by atoms with Gasteiger partial charge in [0.25, 0.3) is 0 Å². The first kappa shape index (κ1) is 14.3. The van der Waals surface area contributed by atoms with E-state index in [1.54, 1.807) is 12.3 Å². The van der Waals surface area contributed by atoms with Crippen LogP contribution in [0.15, 0.2) is 16.9 Å². The molecule has 0 aliphatic heterocycles. The number of aromatic carboxylic acids is 1. The molecule has 0 spiro atoms. The van der Waals surface area contributed by atoms with Crippen molar-refractivity contribution in [3.8, 4) is 0 Å². The van der Waals surface area contributed by atoms with E-state index in [9.17, 15) is 4.79 Å². The fourth-order valence-electron chi connectivity index (χ4n) is 1.83. The summed E-state index contributed by atoms with van der Waals surface area (Å²) < 4.78 is 2.81. The number of halogens is 1. The largest absolute Gasteiger partial charge is 0.478 e. The van der Waals surface area contributed by atoms with E-state index < -0.39 is 5.97 Å². The van der Waals surface area contributed by atoms with Crippen LogP contribution in [-0.4, -0.2) is 15.6 Å². The third kappa shape index (κ3) is 4.94. The average Bonchev–Trinajstić information content (AvgIpc) is 2.65. The highest BCUT2D eigenvalue weighted by molar-refractivity contribution is 9.10. The van der Waals surface area contributed by atoms with Crippen molar-refractivity contribution >= 4 is 21.9 Å². The summed E-state index contributed by atoms with van der Waals surface area (Å²) >= 11 is 3.38. The van der Waals surface area contributed by atoms with E-state index in [0.717, 1.165) is 17.6 Å². The lowest BCUT2D eigenvalue weighted by atomic mass is 10.1. The zero-order valence-corrected chi connectivity index (χ0v) is 11.9. The van der Waals surface area contributed by atoms with Gasteiger partial charge >= 0.3 is 5.97 Å². The van der Waals surface area contributed by atoms with Crippen LogP contribution >= 0.6 is 15.9 Å². The number of unbranched alkanes of at least 4 members (excludes halogenated alkanes) is 5. The Morgan fingerprint density at radius 1 is 1.29 bits per heavy atom. The minimum absolute atomic E-state index is 0.350. The number of aromatic nitrogens is 1. The molecule has 0 aliphatic rings. The number of nitrogens with zero attached hydrogens (tertiary/aromatic N) is 1. The number of aryl methyl sites for hydroxylation is 1. The molecule has 0 saturated carbocycles. The molecule has 0 aromatic carbocycles. The van der Waals surface area contributed by atoms with E-state index in [-0.39, 0.29) is 0 Å². The molecule has 0 amide bonds. The molecule has 1 heterocycles. The third-order valence-electron chi connectivity index (χ3n) is 2.84. The molecule has 96 valence electrons. The molecule has 3 nitrogen and oxygen atoms in total. The van der Waals surface area contributed by atoms with Gasteiger partial charge in [-0.2, -0.15) is 0 Å². The summed E-state index contributed by atoms with van der Waals surface area (Å²) in [7, 11) is 0. The van der Waals surface area contributed by atoms with Gasteiger partial charge in [-0.3, -0.25) is 0 Å². The van der Waals surface area contributed by atoms with Crippen molar-refractivity contribution in [2.24, 2.45) is 0 Å². The Bertz CT molecular complexity index is 360. The van der Waals surface area contributed by atoms with Crippen molar-refractivity contribution in [1.82, 2.24) is 4.57 Å². The van der Waals surface area contributed by atoms with Crippen LogP contribution in [0.5, 0.6) is 0 Å². The Kier molecular flexibility index (Phi) is 6.34. The van der Waals surface area contributed by atoms with Gasteiger partial charge in [0.2, 0.25) is 0 Å². The Labute approximate surface area is 111 Å². The number of rotatable bonds is 8. The van der Waals surface area contributed by atoms with Crippen molar-refractivity contribution in [3.05, 3.63) is 22.4 Å². The normalized spacial score (nSPS) is 10.7. The van der Waals surface area contributed by atoms with Gasteiger partial charge in [0.1, 0.15) is 0 Å². The minimum atomic E-state index is -0.868. The van der Waals surface area contributed by atoms with Crippen LogP contribution in [0.1, 0.15) is 55.8 Å². The number of hydrogen-bond acceptors (Lipinski definition) is 1. The molecule has 1 aromatic heterocycles. The second-order valence-electron chi connectivity index (χ2n) is 4.32. The summed E-state index contributed by atoms with van der Waals surface area (Å²) in [6, 6.07) is 1.65. The zero-order valence-electron chi connectivity index (χ0n) is 10.3. The van der Waals surface area contributed by atoms with Crippen molar-refractivity contribution in [3.63, 3.8) is 0 Å². The molecule has 0 aliphatic carbocycles. The molecule has 1 rings (SSSR count). The Morgan fingerprint density at radius 3 is 2.53 bits per heavy atom. The second-order valence-corrected chi connectivity index (χ2v) is 5.13. The second kappa shape index (κ2) is 7.54. The Balaban J connectivity index is 2.29. The van der Waals surface area contributed by atoms with Gasteiger partial charge < -0.3 is 9.67 Å². The Morgan fingerprint density at radius 2 is 1.94 bits per heavy atom. The number of carboxylic acid groups (broad SMARTS) is 1. The summed E-state index contributed by atoms with van der Waals surface area (Å²) in [6.07, 6.45) is 9.19. The average molecular weight is 302 g/mol. The fourth-order valence-corrected chi connectivity index (χ4v) is 2.36. The highest BCUT2D eigenvalue weighted by Crippen LogP contribution is 2.17. The number of carbonyl (C=O) groups is 1. The van der Waals surface area contributed by atoms with Gasteiger partial charge in [0, 0.05) is 12.7 Å². The highest BCUT2D eigenvalue weighted by atomic mass is 79.9. The summed E-state index contributed by atoms with van der Waals surface area (Å²) in [5, 5.41) is 8.86. The van der Waals surface area contributed by atoms with Crippen LogP contribution in [0.3, 0.4) is 0 Å². The van der Waals surface area contributed by atoms with Crippen molar-refractivity contribution < 1.29 is 9.90 Å². The first-order valence-electron chi connectivity index (χ1n) is 6.24. The molecule has 0 fully saturated rings. The van der Waals surface area contributed by atoms with E-state index in [1.807, 2.05) is 4.57 Å². The maximum atomic E-state index is 10.8. The van der Waals surface area contributed by atoms with Gasteiger partial charge in [0.15, 0.2) is 0 Å². The first-order chi connectivity index (χ1) is 8.15. The predicted octanol–water partition coefficient (Wildman–Crippen LogP) is 4.31. The quantitative estimate of drug-likeness (QED) is 0.727. The van der Waals surface area contributed by atoms with Gasteiger partial charge in [-0.25, -0.2) is 4.79 Å². The molecule has 0 saturated heterocycles. The van der Waals surface area contributed by atoms with Crippen LogP contribution < -0.4 is 0 Å². The number of hydrogen-bond donors (Lipinski definition) is 1. The monoisotopic (exact) mass is 301 g/mol. The maximum absolute atomic E-state index is 10.8. The van der Waals surface area contributed by atoms with Crippen LogP contribution in [-0.2, 0) is 6.54 Å². The van der Waals surface area contributed by atoms with Gasteiger partial charge in [0.05, 0.1) is 10.2 Å². The standard InChI is InChI=1S/C13H20BrNO2/c1-2-3-4-5-6-7-8-15-10-11(13(16)17)9-12(15)14/h9-10H,2-8H2,1H3,(H,16,17). The smallest absolute Gasteiger partial charge is 0.337 e. The number of carboxylic acids is 1. The van der Waals surface area contributed by atoms with Crippen molar-refractivity contribution in [2.45, 2.75) is 52.0 Å². The Hall–Kier alpha value is -0.770. The SMILES string of the molecule is CCCCCCCCn1cc(C(=O)O)cc1Br. The third-order valence-corrected chi connectivity index (χ3v) is 3.53. The molecule has 0 bridgehead atoms. The van der Waals surface area contributed by atoms with E-state index in [1.165, 1.54) is 32.1 Å². The highest BCUT2D eigenvalue weighted by Gasteiger charge is 2.08. The summed E-state index contributed by atoms with van der Waals surface area (Å²) in [5.74, 6) is -0.868. The zero-order chi connectivity index (χ0) is 12.7. The summed E-state index contributed by atoms with van der Waals surface area (Å²) in [6.45, 7) is 3.10. The molecule has 0 radical (unpaired) electrons. The molecular formula is C13H20BrNO2. The maximum Gasteiger partial charge on any atom is 0.337 e. The topological polar surface area (TPSA) is 42.2 Å². The van der Waals surface area contributed by atoms with E-state index >= 15 is 0 Å². The van der Waals surface area contributed by atoms with Crippen LogP contribution in [0.4, 0.5) is 0 Å². The molecule has 0 unspecified atom stereocenters. The van der Waals surface area contributed by atoms with Crippen molar-refractivity contribution in [2.75, 3.05) is 0 Å². The first-order valence-corrected chi connectivity index (χ1v) is 7.03. The molecule has 4 heteroatoms.